The Labute approximate surface area is 116 Å². The van der Waals surface area contributed by atoms with Crippen LogP contribution < -0.4 is 4.74 Å². The predicted octanol–water partition coefficient (Wildman–Crippen LogP) is 3.39. The summed E-state index contributed by atoms with van der Waals surface area (Å²) in [5.74, 6) is 2.63. The SMILES string of the molecule is COc1c2c(cc3occc13)C1C3C=CC(C3)C1C2O. The molecule has 1 fully saturated rings. The van der Waals surface area contributed by atoms with Crippen LogP contribution in [-0.2, 0) is 0 Å². The van der Waals surface area contributed by atoms with Gasteiger partial charge in [0.05, 0.1) is 24.9 Å². The molecule has 0 aliphatic heterocycles. The van der Waals surface area contributed by atoms with Gasteiger partial charge in [0, 0.05) is 11.5 Å². The Morgan fingerprint density at radius 1 is 1.30 bits per heavy atom. The number of aliphatic hydroxyl groups excluding tert-OH is 1. The zero-order valence-corrected chi connectivity index (χ0v) is 11.2. The normalized spacial score (nSPS) is 36.6. The highest BCUT2D eigenvalue weighted by Gasteiger charge is 2.54. The van der Waals surface area contributed by atoms with Gasteiger partial charge in [-0.25, -0.2) is 0 Å². The second-order valence-electron chi connectivity index (χ2n) is 6.24. The van der Waals surface area contributed by atoms with Gasteiger partial charge in [-0.2, -0.15) is 0 Å². The fraction of sp³-hybridized carbons (Fsp3) is 0.412. The monoisotopic (exact) mass is 268 g/mol. The average molecular weight is 268 g/mol. The van der Waals surface area contributed by atoms with Crippen molar-refractivity contribution in [3.05, 3.63) is 41.7 Å². The van der Waals surface area contributed by atoms with Crippen molar-refractivity contribution in [1.82, 2.24) is 0 Å². The first-order valence-corrected chi connectivity index (χ1v) is 7.24. The zero-order chi connectivity index (χ0) is 13.4. The van der Waals surface area contributed by atoms with E-state index in [0.717, 1.165) is 22.3 Å². The largest absolute Gasteiger partial charge is 0.496 e. The summed E-state index contributed by atoms with van der Waals surface area (Å²) in [7, 11) is 1.68. The molecule has 3 nitrogen and oxygen atoms in total. The Morgan fingerprint density at radius 2 is 2.15 bits per heavy atom. The molecule has 0 amide bonds. The maximum absolute atomic E-state index is 10.8. The van der Waals surface area contributed by atoms with E-state index in [2.05, 4.69) is 18.2 Å². The summed E-state index contributed by atoms with van der Waals surface area (Å²) in [6.45, 7) is 0. The van der Waals surface area contributed by atoms with Gasteiger partial charge in [0.15, 0.2) is 0 Å². The van der Waals surface area contributed by atoms with E-state index in [4.69, 9.17) is 9.15 Å². The molecule has 3 heteroatoms. The van der Waals surface area contributed by atoms with Crippen LogP contribution in [0.3, 0.4) is 0 Å². The number of fused-ring (bicyclic) bond motifs is 8. The van der Waals surface area contributed by atoms with Gasteiger partial charge in [-0.3, -0.25) is 0 Å². The van der Waals surface area contributed by atoms with E-state index in [9.17, 15) is 5.11 Å². The number of hydrogen-bond acceptors (Lipinski definition) is 3. The number of ether oxygens (including phenoxy) is 1. The smallest absolute Gasteiger partial charge is 0.137 e. The van der Waals surface area contributed by atoms with Gasteiger partial charge in [-0.1, -0.05) is 12.2 Å². The van der Waals surface area contributed by atoms with E-state index >= 15 is 0 Å². The highest BCUT2D eigenvalue weighted by molar-refractivity contribution is 5.87. The van der Waals surface area contributed by atoms with Crippen LogP contribution in [0.1, 0.15) is 29.6 Å². The number of rotatable bonds is 1. The highest BCUT2D eigenvalue weighted by atomic mass is 16.5. The van der Waals surface area contributed by atoms with Gasteiger partial charge in [0.2, 0.25) is 0 Å². The molecule has 0 spiro atoms. The van der Waals surface area contributed by atoms with E-state index in [1.807, 2.05) is 6.07 Å². The van der Waals surface area contributed by atoms with E-state index in [0.29, 0.717) is 23.7 Å². The van der Waals surface area contributed by atoms with Crippen molar-refractivity contribution in [2.45, 2.75) is 18.4 Å². The number of aliphatic hydroxyl groups is 1. The second-order valence-corrected chi connectivity index (χ2v) is 6.24. The van der Waals surface area contributed by atoms with Gasteiger partial charge in [-0.05, 0) is 41.9 Å². The molecule has 1 aromatic heterocycles. The Hall–Kier alpha value is -1.74. The minimum atomic E-state index is -0.413. The van der Waals surface area contributed by atoms with E-state index < -0.39 is 6.10 Å². The fourth-order valence-corrected chi connectivity index (χ4v) is 4.84. The molecule has 0 radical (unpaired) electrons. The Bertz CT molecular complexity index is 742. The number of benzene rings is 1. The maximum Gasteiger partial charge on any atom is 0.137 e. The van der Waals surface area contributed by atoms with Crippen molar-refractivity contribution in [3.8, 4) is 5.75 Å². The second kappa shape index (κ2) is 3.47. The highest BCUT2D eigenvalue weighted by Crippen LogP contribution is 2.64. The molecular weight excluding hydrogens is 252 g/mol. The summed E-state index contributed by atoms with van der Waals surface area (Å²) in [5.41, 5.74) is 3.09. The summed E-state index contributed by atoms with van der Waals surface area (Å²) in [6, 6.07) is 4.04. The third kappa shape index (κ3) is 1.08. The van der Waals surface area contributed by atoms with E-state index in [1.165, 1.54) is 12.0 Å². The van der Waals surface area contributed by atoms with Gasteiger partial charge in [0.25, 0.3) is 0 Å². The molecule has 5 unspecified atom stereocenters. The van der Waals surface area contributed by atoms with Crippen molar-refractivity contribution in [1.29, 1.82) is 0 Å². The average Bonchev–Trinajstić information content (AvgIpc) is 3.19. The summed E-state index contributed by atoms with van der Waals surface area (Å²) >= 11 is 0. The lowest BCUT2D eigenvalue weighted by Gasteiger charge is -2.23. The van der Waals surface area contributed by atoms with Crippen LogP contribution in [-0.4, -0.2) is 12.2 Å². The van der Waals surface area contributed by atoms with Gasteiger partial charge >= 0.3 is 0 Å². The lowest BCUT2D eigenvalue weighted by atomic mass is 9.83. The molecule has 3 aliphatic rings. The molecule has 1 heterocycles. The van der Waals surface area contributed by atoms with Crippen LogP contribution in [0, 0.1) is 17.8 Å². The van der Waals surface area contributed by atoms with E-state index in [-0.39, 0.29) is 0 Å². The third-order valence-corrected chi connectivity index (χ3v) is 5.53. The molecule has 20 heavy (non-hydrogen) atoms. The molecule has 0 saturated heterocycles. The van der Waals surface area contributed by atoms with Crippen LogP contribution in [0.5, 0.6) is 5.75 Å². The van der Waals surface area contributed by atoms with Crippen LogP contribution in [0.25, 0.3) is 11.0 Å². The molecule has 1 aromatic carbocycles. The standard InChI is InChI=1S/C17H16O3/c1-19-17-10-4-5-20-12(10)7-11-13-8-2-3-9(6-8)14(13)16(18)15(11)17/h2-5,7-9,13-14,16,18H,6H2,1H3. The number of furan rings is 1. The lowest BCUT2D eigenvalue weighted by Crippen LogP contribution is -2.16. The number of methoxy groups -OCH3 is 1. The summed E-state index contributed by atoms with van der Waals surface area (Å²) in [4.78, 5) is 0. The molecule has 2 bridgehead atoms. The third-order valence-electron chi connectivity index (χ3n) is 5.53. The van der Waals surface area contributed by atoms with E-state index in [1.54, 1.807) is 13.4 Å². The minimum absolute atomic E-state index is 0.320. The zero-order valence-electron chi connectivity index (χ0n) is 11.2. The Morgan fingerprint density at radius 3 is 3.00 bits per heavy atom. The van der Waals surface area contributed by atoms with Crippen LogP contribution in [0.4, 0.5) is 0 Å². The predicted molar refractivity (Wildman–Crippen MR) is 74.7 cm³/mol. The Balaban J connectivity index is 1.83. The molecule has 5 atom stereocenters. The lowest BCUT2D eigenvalue weighted by molar-refractivity contribution is 0.0989. The van der Waals surface area contributed by atoms with Gasteiger partial charge in [-0.15, -0.1) is 0 Å². The van der Waals surface area contributed by atoms with Crippen molar-refractivity contribution in [2.24, 2.45) is 17.8 Å². The van der Waals surface area contributed by atoms with Crippen molar-refractivity contribution >= 4 is 11.0 Å². The first-order chi connectivity index (χ1) is 9.79. The minimum Gasteiger partial charge on any atom is -0.496 e. The molecular formula is C17H16O3. The van der Waals surface area contributed by atoms with Crippen LogP contribution in [0.2, 0.25) is 0 Å². The summed E-state index contributed by atoms with van der Waals surface area (Å²) in [5, 5.41) is 11.8. The molecule has 102 valence electrons. The first kappa shape index (κ1) is 11.0. The van der Waals surface area contributed by atoms with Crippen molar-refractivity contribution < 1.29 is 14.3 Å². The fourth-order valence-electron chi connectivity index (χ4n) is 4.84. The molecule has 3 aliphatic carbocycles. The molecule has 1 saturated carbocycles. The van der Waals surface area contributed by atoms with Crippen LogP contribution in [0.15, 0.2) is 35.0 Å². The quantitative estimate of drug-likeness (QED) is 0.806. The summed E-state index contributed by atoms with van der Waals surface area (Å²) in [6.07, 6.45) is 7.07. The number of allylic oxidation sites excluding steroid dienone is 2. The topological polar surface area (TPSA) is 42.6 Å². The van der Waals surface area contributed by atoms with Crippen molar-refractivity contribution in [3.63, 3.8) is 0 Å². The molecule has 1 N–H and O–H groups in total. The summed E-state index contributed by atoms with van der Waals surface area (Å²) < 4.78 is 11.2. The van der Waals surface area contributed by atoms with Crippen molar-refractivity contribution in [2.75, 3.05) is 7.11 Å². The van der Waals surface area contributed by atoms with Gasteiger partial charge in [0.1, 0.15) is 11.3 Å². The van der Waals surface area contributed by atoms with Crippen LogP contribution >= 0.6 is 0 Å². The molecule has 2 aromatic rings. The maximum atomic E-state index is 10.8. The number of hydrogen-bond donors (Lipinski definition) is 1. The van der Waals surface area contributed by atoms with Gasteiger partial charge < -0.3 is 14.3 Å². The Kier molecular flexibility index (Phi) is 1.91. The first-order valence-electron chi connectivity index (χ1n) is 7.24. The molecule has 5 rings (SSSR count).